The van der Waals surface area contributed by atoms with Gasteiger partial charge in [-0.15, -0.1) is 0 Å². The van der Waals surface area contributed by atoms with Crippen molar-refractivity contribution >= 4 is 28.7 Å². The van der Waals surface area contributed by atoms with Crippen LogP contribution >= 0.6 is 0 Å². The zero-order chi connectivity index (χ0) is 15.8. The molecule has 2 aliphatic rings. The summed E-state index contributed by atoms with van der Waals surface area (Å²) in [5.41, 5.74) is 6.00. The third kappa shape index (κ3) is 2.68. The van der Waals surface area contributed by atoms with Crippen LogP contribution in [-0.4, -0.2) is 42.8 Å². The molecule has 1 unspecified atom stereocenters. The SMILES string of the molecule is CC1CC(=O)NN=C1c1ccc2nc(N3CCNCC3)oc2c1. The molecule has 0 bridgehead atoms. The molecular formula is C16H19N5O2. The summed E-state index contributed by atoms with van der Waals surface area (Å²) in [4.78, 5) is 18.1. The number of amides is 1. The Labute approximate surface area is 133 Å². The summed E-state index contributed by atoms with van der Waals surface area (Å²) in [7, 11) is 0. The predicted octanol–water partition coefficient (Wildman–Crippen LogP) is 1.10. The van der Waals surface area contributed by atoms with E-state index in [-0.39, 0.29) is 11.8 Å². The second kappa shape index (κ2) is 5.66. The monoisotopic (exact) mass is 313 g/mol. The van der Waals surface area contributed by atoms with Crippen LogP contribution in [0.5, 0.6) is 0 Å². The summed E-state index contributed by atoms with van der Waals surface area (Å²) in [6, 6.07) is 6.57. The lowest BCUT2D eigenvalue weighted by Crippen LogP contribution is -2.43. The maximum atomic E-state index is 11.4. The van der Waals surface area contributed by atoms with Gasteiger partial charge < -0.3 is 14.6 Å². The summed E-state index contributed by atoms with van der Waals surface area (Å²) in [6.45, 7) is 5.69. The molecule has 1 aromatic heterocycles. The fraction of sp³-hybridized carbons (Fsp3) is 0.438. The highest BCUT2D eigenvalue weighted by Crippen LogP contribution is 2.25. The topological polar surface area (TPSA) is 82.8 Å². The van der Waals surface area contributed by atoms with Gasteiger partial charge in [-0.2, -0.15) is 10.1 Å². The lowest BCUT2D eigenvalue weighted by atomic mass is 9.94. The number of nitrogens with zero attached hydrogens (tertiary/aromatic N) is 3. The first-order valence-corrected chi connectivity index (χ1v) is 7.94. The van der Waals surface area contributed by atoms with E-state index in [1.165, 1.54) is 0 Å². The molecule has 1 atom stereocenters. The average molecular weight is 313 g/mol. The van der Waals surface area contributed by atoms with Crippen LogP contribution in [0.25, 0.3) is 11.1 Å². The van der Waals surface area contributed by atoms with E-state index >= 15 is 0 Å². The maximum absolute atomic E-state index is 11.4. The van der Waals surface area contributed by atoms with Crippen molar-refractivity contribution in [2.75, 3.05) is 31.1 Å². The first-order chi connectivity index (χ1) is 11.2. The Bertz CT molecular complexity index is 776. The van der Waals surface area contributed by atoms with Crippen molar-refractivity contribution in [1.29, 1.82) is 0 Å². The summed E-state index contributed by atoms with van der Waals surface area (Å²) in [6.07, 6.45) is 0.458. The van der Waals surface area contributed by atoms with Crippen LogP contribution in [0.4, 0.5) is 6.01 Å². The Morgan fingerprint density at radius 3 is 2.91 bits per heavy atom. The molecular weight excluding hydrogens is 294 g/mol. The Morgan fingerprint density at radius 2 is 2.13 bits per heavy atom. The third-order valence-corrected chi connectivity index (χ3v) is 4.32. The second-order valence-electron chi connectivity index (χ2n) is 6.05. The van der Waals surface area contributed by atoms with Crippen LogP contribution in [0.15, 0.2) is 27.7 Å². The van der Waals surface area contributed by atoms with Crippen LogP contribution in [0.2, 0.25) is 0 Å². The Balaban J connectivity index is 1.66. The number of anilines is 1. The first-order valence-electron chi connectivity index (χ1n) is 7.94. The fourth-order valence-corrected chi connectivity index (χ4v) is 3.07. The molecule has 2 N–H and O–H groups in total. The molecule has 0 spiro atoms. The zero-order valence-corrected chi connectivity index (χ0v) is 13.0. The lowest BCUT2D eigenvalue weighted by molar-refractivity contribution is -0.121. The van der Waals surface area contributed by atoms with E-state index in [2.05, 4.69) is 25.7 Å². The molecule has 23 heavy (non-hydrogen) atoms. The molecule has 1 fully saturated rings. The van der Waals surface area contributed by atoms with E-state index in [1.807, 2.05) is 25.1 Å². The highest BCUT2D eigenvalue weighted by atomic mass is 16.4. The van der Waals surface area contributed by atoms with Crippen molar-refractivity contribution in [3.05, 3.63) is 23.8 Å². The van der Waals surface area contributed by atoms with E-state index in [1.54, 1.807) is 0 Å². The predicted molar refractivity (Wildman–Crippen MR) is 87.6 cm³/mol. The minimum absolute atomic E-state index is 0.0389. The van der Waals surface area contributed by atoms with Crippen LogP contribution in [-0.2, 0) is 4.79 Å². The number of rotatable bonds is 2. The number of hydrogen-bond acceptors (Lipinski definition) is 6. The quantitative estimate of drug-likeness (QED) is 0.867. The van der Waals surface area contributed by atoms with Gasteiger partial charge in [0.25, 0.3) is 6.01 Å². The maximum Gasteiger partial charge on any atom is 0.298 e. The smallest absolute Gasteiger partial charge is 0.298 e. The van der Waals surface area contributed by atoms with Crippen molar-refractivity contribution in [2.24, 2.45) is 11.0 Å². The highest BCUT2D eigenvalue weighted by Gasteiger charge is 2.23. The van der Waals surface area contributed by atoms with Gasteiger partial charge in [-0.1, -0.05) is 13.0 Å². The first kappa shape index (κ1) is 14.2. The molecule has 0 radical (unpaired) electrons. The van der Waals surface area contributed by atoms with E-state index < -0.39 is 0 Å². The number of carbonyl (C=O) groups is 1. The van der Waals surface area contributed by atoms with Crippen molar-refractivity contribution < 1.29 is 9.21 Å². The van der Waals surface area contributed by atoms with Gasteiger partial charge in [-0.25, -0.2) is 5.43 Å². The molecule has 1 aromatic carbocycles. The normalized spacial score (nSPS) is 22.1. The van der Waals surface area contributed by atoms with Crippen LogP contribution in [0.1, 0.15) is 18.9 Å². The average Bonchev–Trinajstić information content (AvgIpc) is 2.99. The van der Waals surface area contributed by atoms with Gasteiger partial charge in [0.15, 0.2) is 5.58 Å². The van der Waals surface area contributed by atoms with Gasteiger partial charge in [-0.3, -0.25) is 4.79 Å². The molecule has 1 saturated heterocycles. The molecule has 3 heterocycles. The van der Waals surface area contributed by atoms with E-state index in [4.69, 9.17) is 4.42 Å². The molecule has 120 valence electrons. The number of carbonyl (C=O) groups excluding carboxylic acids is 1. The van der Waals surface area contributed by atoms with Gasteiger partial charge in [-0.05, 0) is 12.1 Å². The van der Waals surface area contributed by atoms with Crippen molar-refractivity contribution in [2.45, 2.75) is 13.3 Å². The number of aromatic nitrogens is 1. The number of benzene rings is 1. The number of oxazole rings is 1. The minimum atomic E-state index is -0.0389. The number of fused-ring (bicyclic) bond motifs is 1. The number of hydrogen-bond donors (Lipinski definition) is 2. The third-order valence-electron chi connectivity index (χ3n) is 4.32. The van der Waals surface area contributed by atoms with Crippen molar-refractivity contribution in [1.82, 2.24) is 15.7 Å². The number of nitrogens with one attached hydrogen (secondary N) is 2. The summed E-state index contributed by atoms with van der Waals surface area (Å²) >= 11 is 0. The standard InChI is InChI=1S/C16H19N5O2/c1-10-8-14(22)19-20-15(10)11-2-3-12-13(9-11)23-16(18-12)21-6-4-17-5-7-21/h2-3,9-10,17H,4-8H2,1H3,(H,19,22). The number of hydrazone groups is 1. The Kier molecular flexibility index (Phi) is 3.49. The summed E-state index contributed by atoms with van der Waals surface area (Å²) < 4.78 is 5.94. The summed E-state index contributed by atoms with van der Waals surface area (Å²) in [5, 5.41) is 7.52. The van der Waals surface area contributed by atoms with Crippen LogP contribution in [0.3, 0.4) is 0 Å². The molecule has 7 heteroatoms. The molecule has 0 aliphatic carbocycles. The van der Waals surface area contributed by atoms with E-state index in [0.717, 1.165) is 48.6 Å². The molecule has 7 nitrogen and oxygen atoms in total. The zero-order valence-electron chi connectivity index (χ0n) is 13.0. The Hall–Kier alpha value is -2.41. The molecule has 2 aromatic rings. The largest absolute Gasteiger partial charge is 0.423 e. The van der Waals surface area contributed by atoms with Gasteiger partial charge in [0.1, 0.15) is 5.52 Å². The van der Waals surface area contributed by atoms with Crippen molar-refractivity contribution in [3.8, 4) is 0 Å². The van der Waals surface area contributed by atoms with Crippen LogP contribution < -0.4 is 15.6 Å². The molecule has 0 saturated carbocycles. The molecule has 1 amide bonds. The van der Waals surface area contributed by atoms with Crippen molar-refractivity contribution in [3.63, 3.8) is 0 Å². The number of piperazine rings is 1. The summed E-state index contributed by atoms with van der Waals surface area (Å²) in [5.74, 6) is 0.0553. The fourth-order valence-electron chi connectivity index (χ4n) is 3.07. The highest BCUT2D eigenvalue weighted by molar-refractivity contribution is 6.07. The second-order valence-corrected chi connectivity index (χ2v) is 6.05. The van der Waals surface area contributed by atoms with Gasteiger partial charge in [0.2, 0.25) is 5.91 Å². The van der Waals surface area contributed by atoms with Gasteiger partial charge in [0, 0.05) is 44.1 Å². The van der Waals surface area contributed by atoms with Crippen LogP contribution in [0, 0.1) is 5.92 Å². The van der Waals surface area contributed by atoms with Gasteiger partial charge >= 0.3 is 0 Å². The molecule has 4 rings (SSSR count). The Morgan fingerprint density at radius 1 is 1.30 bits per heavy atom. The van der Waals surface area contributed by atoms with E-state index in [9.17, 15) is 4.79 Å². The van der Waals surface area contributed by atoms with Gasteiger partial charge in [0.05, 0.1) is 5.71 Å². The lowest BCUT2D eigenvalue weighted by Gasteiger charge is -2.25. The van der Waals surface area contributed by atoms with E-state index in [0.29, 0.717) is 12.4 Å². The molecule has 2 aliphatic heterocycles. The minimum Gasteiger partial charge on any atom is -0.423 e.